The molecule has 22 heavy (non-hydrogen) atoms. The second-order valence-electron chi connectivity index (χ2n) is 7.77. The van der Waals surface area contributed by atoms with Crippen LogP contribution in [0.5, 0.6) is 0 Å². The summed E-state index contributed by atoms with van der Waals surface area (Å²) in [6.45, 7) is 7.76. The molecule has 2 heterocycles. The van der Waals surface area contributed by atoms with E-state index in [0.29, 0.717) is 25.0 Å². The van der Waals surface area contributed by atoms with Gasteiger partial charge in [-0.1, -0.05) is 6.42 Å². The summed E-state index contributed by atoms with van der Waals surface area (Å²) in [6.07, 6.45) is 2.86. The molecule has 0 spiro atoms. The summed E-state index contributed by atoms with van der Waals surface area (Å²) in [4.78, 5) is 9.21. The molecule has 0 aromatic heterocycles. The molecule has 0 radical (unpaired) electrons. The highest BCUT2D eigenvalue weighted by molar-refractivity contribution is 6.07. The van der Waals surface area contributed by atoms with Gasteiger partial charge in [-0.2, -0.15) is 0 Å². The summed E-state index contributed by atoms with van der Waals surface area (Å²) < 4.78 is 11.6. The van der Waals surface area contributed by atoms with Crippen LogP contribution in [0.4, 0.5) is 0 Å². The van der Waals surface area contributed by atoms with Gasteiger partial charge in [0.05, 0.1) is 11.2 Å². The zero-order valence-corrected chi connectivity index (χ0v) is 13.8. The maximum absolute atomic E-state index is 10.1. The molecule has 0 bridgehead atoms. The normalized spacial score (nSPS) is 31.0. The third kappa shape index (κ3) is 2.52. The van der Waals surface area contributed by atoms with Gasteiger partial charge in [0.15, 0.2) is 11.8 Å². The first kappa shape index (κ1) is 15.7. The molecule has 0 amide bonds. The van der Waals surface area contributed by atoms with Crippen LogP contribution in [0.1, 0.15) is 47.0 Å². The van der Waals surface area contributed by atoms with Gasteiger partial charge in [-0.05, 0) is 40.5 Å². The number of rotatable bonds is 4. The lowest BCUT2D eigenvalue weighted by Crippen LogP contribution is -2.45. The van der Waals surface area contributed by atoms with Crippen LogP contribution in [-0.4, -0.2) is 58.5 Å². The molecule has 0 unspecified atom stereocenters. The lowest BCUT2D eigenvalue weighted by molar-refractivity contribution is 0.0424. The summed E-state index contributed by atoms with van der Waals surface area (Å²) in [7, 11) is 0. The fraction of sp³-hybridized carbons (Fsp3) is 0.875. The molecule has 6 heteroatoms. The molecule has 2 atom stereocenters. The van der Waals surface area contributed by atoms with Crippen LogP contribution in [0.2, 0.25) is 0 Å². The number of hydrogen-bond donors (Lipinski definition) is 2. The molecule has 1 fully saturated rings. The van der Waals surface area contributed by atoms with Crippen molar-refractivity contribution in [3.63, 3.8) is 0 Å². The topological polar surface area (TPSA) is 83.6 Å². The third-order valence-electron chi connectivity index (χ3n) is 4.96. The van der Waals surface area contributed by atoms with E-state index in [1.54, 1.807) is 27.7 Å². The molecular formula is C16H26N2O4. The first-order chi connectivity index (χ1) is 10.1. The minimum Gasteiger partial charge on any atom is -0.478 e. The second kappa shape index (κ2) is 4.93. The van der Waals surface area contributed by atoms with E-state index >= 15 is 0 Å². The zero-order chi connectivity index (χ0) is 16.2. The van der Waals surface area contributed by atoms with Crippen LogP contribution >= 0.6 is 0 Å². The van der Waals surface area contributed by atoms with Gasteiger partial charge >= 0.3 is 0 Å². The molecule has 2 N–H and O–H groups in total. The molecule has 3 aliphatic rings. The van der Waals surface area contributed by atoms with Crippen LogP contribution in [0.25, 0.3) is 0 Å². The Morgan fingerprint density at radius 2 is 1.32 bits per heavy atom. The Morgan fingerprint density at radius 3 is 1.55 bits per heavy atom. The first-order valence-corrected chi connectivity index (χ1v) is 8.00. The summed E-state index contributed by atoms with van der Waals surface area (Å²) >= 11 is 0. The van der Waals surface area contributed by atoms with E-state index in [1.807, 2.05) is 0 Å². The van der Waals surface area contributed by atoms with Crippen molar-refractivity contribution in [1.29, 1.82) is 0 Å². The second-order valence-corrected chi connectivity index (χ2v) is 7.77. The quantitative estimate of drug-likeness (QED) is 0.819. The standard InChI is InChI=1S/C16H26N2O4/c1-14(2,19)10-8-21-12(17-10)16(6-5-7-16)13-18-11(9-22-13)15(3,4)20/h10-11,19-20H,5-9H2,1-4H3/t10-,11-/m1/s1. The zero-order valence-electron chi connectivity index (χ0n) is 13.8. The smallest absolute Gasteiger partial charge is 0.199 e. The van der Waals surface area contributed by atoms with E-state index in [1.165, 1.54) is 0 Å². The molecule has 1 saturated carbocycles. The lowest BCUT2D eigenvalue weighted by Gasteiger charge is -2.39. The fourth-order valence-corrected chi connectivity index (χ4v) is 3.04. The average molecular weight is 310 g/mol. The summed E-state index contributed by atoms with van der Waals surface area (Å²) in [5.74, 6) is 1.28. The van der Waals surface area contributed by atoms with E-state index in [-0.39, 0.29) is 17.5 Å². The Morgan fingerprint density at radius 1 is 0.909 bits per heavy atom. The number of aliphatic imine (C=N–C) groups is 2. The van der Waals surface area contributed by atoms with Crippen molar-refractivity contribution in [2.45, 2.75) is 70.2 Å². The van der Waals surface area contributed by atoms with Crippen molar-refractivity contribution in [3.8, 4) is 0 Å². The van der Waals surface area contributed by atoms with Crippen LogP contribution in [0.15, 0.2) is 9.98 Å². The molecule has 124 valence electrons. The van der Waals surface area contributed by atoms with E-state index in [2.05, 4.69) is 9.98 Å². The summed E-state index contributed by atoms with van der Waals surface area (Å²) in [6, 6.07) is -0.515. The molecular weight excluding hydrogens is 284 g/mol. The minimum atomic E-state index is -0.902. The fourth-order valence-electron chi connectivity index (χ4n) is 3.04. The van der Waals surface area contributed by atoms with Crippen molar-refractivity contribution < 1.29 is 19.7 Å². The highest BCUT2D eigenvalue weighted by atomic mass is 16.5. The van der Waals surface area contributed by atoms with Crippen molar-refractivity contribution in [2.24, 2.45) is 15.4 Å². The molecule has 6 nitrogen and oxygen atoms in total. The number of ether oxygens (including phenoxy) is 2. The van der Waals surface area contributed by atoms with Crippen LogP contribution in [0.3, 0.4) is 0 Å². The Labute approximate surface area is 131 Å². The van der Waals surface area contributed by atoms with Gasteiger partial charge in [0.25, 0.3) is 0 Å². The van der Waals surface area contributed by atoms with Crippen LogP contribution < -0.4 is 0 Å². The molecule has 3 rings (SSSR count). The third-order valence-corrected chi connectivity index (χ3v) is 4.96. The van der Waals surface area contributed by atoms with Gasteiger partial charge < -0.3 is 19.7 Å². The number of aliphatic hydroxyl groups is 2. The van der Waals surface area contributed by atoms with E-state index in [0.717, 1.165) is 19.3 Å². The Balaban J connectivity index is 1.85. The van der Waals surface area contributed by atoms with Crippen LogP contribution in [-0.2, 0) is 9.47 Å². The first-order valence-electron chi connectivity index (χ1n) is 8.00. The number of nitrogens with zero attached hydrogens (tertiary/aromatic N) is 2. The van der Waals surface area contributed by atoms with Crippen LogP contribution in [0, 0.1) is 5.41 Å². The highest BCUT2D eigenvalue weighted by Crippen LogP contribution is 2.47. The molecule has 1 aliphatic carbocycles. The molecule has 0 saturated heterocycles. The van der Waals surface area contributed by atoms with Gasteiger partial charge in [-0.25, -0.2) is 9.98 Å². The van der Waals surface area contributed by atoms with Gasteiger partial charge in [0, 0.05) is 0 Å². The Bertz CT molecular complexity index is 467. The SMILES string of the molecule is CC(C)(O)[C@H]1COC(C2(C3=N[C@@H](C(C)(C)O)CO3)CCC2)=N1. The monoisotopic (exact) mass is 310 g/mol. The minimum absolute atomic E-state index is 0.257. The predicted molar refractivity (Wildman–Crippen MR) is 83.2 cm³/mol. The number of hydrogen-bond acceptors (Lipinski definition) is 6. The van der Waals surface area contributed by atoms with E-state index in [9.17, 15) is 10.2 Å². The van der Waals surface area contributed by atoms with E-state index in [4.69, 9.17) is 9.47 Å². The van der Waals surface area contributed by atoms with Gasteiger partial charge in [-0.15, -0.1) is 0 Å². The Hall–Kier alpha value is -1.14. The van der Waals surface area contributed by atoms with Crippen molar-refractivity contribution in [2.75, 3.05) is 13.2 Å². The maximum atomic E-state index is 10.1. The lowest BCUT2D eigenvalue weighted by atomic mass is 9.68. The van der Waals surface area contributed by atoms with Crippen molar-refractivity contribution in [1.82, 2.24) is 0 Å². The molecule has 0 aromatic carbocycles. The predicted octanol–water partition coefficient (Wildman–Crippen LogP) is 1.29. The average Bonchev–Trinajstić information content (AvgIpc) is 2.93. The Kier molecular flexibility index (Phi) is 3.53. The molecule has 2 aliphatic heterocycles. The summed E-state index contributed by atoms with van der Waals surface area (Å²) in [5, 5.41) is 20.2. The van der Waals surface area contributed by atoms with Gasteiger partial charge in [0.1, 0.15) is 30.7 Å². The van der Waals surface area contributed by atoms with Crippen molar-refractivity contribution in [3.05, 3.63) is 0 Å². The van der Waals surface area contributed by atoms with E-state index < -0.39 is 11.2 Å². The maximum Gasteiger partial charge on any atom is 0.199 e. The van der Waals surface area contributed by atoms with Gasteiger partial charge in [0.2, 0.25) is 0 Å². The highest BCUT2D eigenvalue weighted by Gasteiger charge is 2.54. The summed E-state index contributed by atoms with van der Waals surface area (Å²) in [5.41, 5.74) is -2.19. The van der Waals surface area contributed by atoms with Gasteiger partial charge in [-0.3, -0.25) is 0 Å². The van der Waals surface area contributed by atoms with Crippen molar-refractivity contribution >= 4 is 11.8 Å². The molecule has 0 aromatic rings. The largest absolute Gasteiger partial charge is 0.478 e.